The van der Waals surface area contributed by atoms with Crippen molar-refractivity contribution in [1.82, 2.24) is 0 Å². The number of hydrogen-bond acceptors (Lipinski definition) is 13. The van der Waals surface area contributed by atoms with E-state index < -0.39 is 0 Å². The summed E-state index contributed by atoms with van der Waals surface area (Å²) >= 11 is 5.29. The Bertz CT molecular complexity index is 1970. The third-order valence-corrected chi connectivity index (χ3v) is 13.8. The molecule has 9 nitrogen and oxygen atoms in total. The number of rotatable bonds is 0. The zero-order valence-electron chi connectivity index (χ0n) is 35.5. The summed E-state index contributed by atoms with van der Waals surface area (Å²) in [4.78, 5) is 32.9. The van der Waals surface area contributed by atoms with E-state index in [1.54, 1.807) is 0 Å². The van der Waals surface area contributed by atoms with Gasteiger partial charge in [0.2, 0.25) is 5.78 Å². The first-order valence-electron chi connectivity index (χ1n) is 19.9. The van der Waals surface area contributed by atoms with Crippen molar-refractivity contribution in [3.05, 3.63) is 75.1 Å². The minimum absolute atomic E-state index is 0.142. The SMILES string of the molecule is CC(C)(C)c1cc2c(O)c(c1)Sc1cc(C(C)(C)C)cc3c1OCCOCCOCCOCCOCCOc1c(cc(C(C)(C)C)cc1S2)SC1=CC(=O)C=C(S3)C1=O. The van der Waals surface area contributed by atoms with Crippen molar-refractivity contribution in [2.75, 3.05) is 66.1 Å². The first-order chi connectivity index (χ1) is 27.9. The van der Waals surface area contributed by atoms with Gasteiger partial charge in [0.05, 0.1) is 92.0 Å². The second kappa shape index (κ2) is 19.4. The van der Waals surface area contributed by atoms with E-state index in [2.05, 4.69) is 86.6 Å². The second-order valence-electron chi connectivity index (χ2n) is 17.5. The van der Waals surface area contributed by atoms with Crippen LogP contribution in [0.3, 0.4) is 0 Å². The van der Waals surface area contributed by atoms with Crippen LogP contribution in [0.25, 0.3) is 0 Å². The molecule has 1 aliphatic carbocycles. The maximum absolute atomic E-state index is 14.6. The topological polar surface area (TPSA) is 110 Å². The van der Waals surface area contributed by atoms with Gasteiger partial charge in [0.15, 0.2) is 5.78 Å². The number of ketones is 2. The number of hydrogen-bond donors (Lipinski definition) is 1. The lowest BCUT2D eigenvalue weighted by Gasteiger charge is -2.27. The molecule has 0 saturated heterocycles. The van der Waals surface area contributed by atoms with Crippen LogP contribution < -0.4 is 9.47 Å². The van der Waals surface area contributed by atoms with Gasteiger partial charge in [-0.15, -0.1) is 0 Å². The standard InChI is InChI=1S/C46H56O9S4/c1-44(2,3)28-20-32-40(48)33(21-28)57-37-23-30(46(7,8)9)25-39-43(37)55-19-17-53-15-13-51-11-10-50-12-14-52-16-18-54-42-36(56-32)22-29(45(4,5)6)24-38(42)58-34-26-31(47)27-35(59-39)41(34)49/h20-27,48H,10-19H2,1-9H3. The predicted octanol–water partition coefficient (Wildman–Crippen LogP) is 10.5. The van der Waals surface area contributed by atoms with Crippen LogP contribution in [0, 0.1) is 0 Å². The Kier molecular flexibility index (Phi) is 15.0. The molecule has 0 fully saturated rings. The Labute approximate surface area is 366 Å². The van der Waals surface area contributed by atoms with Gasteiger partial charge in [-0.25, -0.2) is 0 Å². The third-order valence-electron chi connectivity index (χ3n) is 9.62. The number of fused-ring (bicyclic) bond motifs is 2. The molecule has 3 aromatic carbocycles. The Morgan fingerprint density at radius 2 is 0.729 bits per heavy atom. The largest absolute Gasteiger partial charge is 0.506 e. The molecule has 0 saturated carbocycles. The number of ether oxygens (including phenoxy) is 6. The second-order valence-corrected chi connectivity index (χ2v) is 21.8. The third kappa shape index (κ3) is 11.9. The number of thioether (sulfide) groups is 2. The fourth-order valence-corrected chi connectivity index (χ4v) is 10.7. The fourth-order valence-electron chi connectivity index (χ4n) is 6.12. The normalized spacial score (nSPS) is 18.3. The molecule has 0 atom stereocenters. The van der Waals surface area contributed by atoms with Crippen molar-refractivity contribution in [3.63, 3.8) is 0 Å². The highest BCUT2D eigenvalue weighted by Crippen LogP contribution is 2.54. The van der Waals surface area contributed by atoms with Gasteiger partial charge in [-0.05, 0) is 69.3 Å². The van der Waals surface area contributed by atoms with Gasteiger partial charge in [0, 0.05) is 12.2 Å². The van der Waals surface area contributed by atoms with Crippen molar-refractivity contribution in [3.8, 4) is 17.2 Å². The lowest BCUT2D eigenvalue weighted by Crippen LogP contribution is -2.15. The maximum atomic E-state index is 14.6. The molecule has 6 rings (SSSR count). The average Bonchev–Trinajstić information content (AvgIpc) is 3.14. The van der Waals surface area contributed by atoms with Crippen molar-refractivity contribution < 1.29 is 43.1 Å². The Morgan fingerprint density at radius 1 is 0.441 bits per heavy atom. The zero-order chi connectivity index (χ0) is 42.5. The van der Waals surface area contributed by atoms with Crippen molar-refractivity contribution in [2.45, 2.75) is 108 Å². The number of aromatic hydroxyl groups is 1. The van der Waals surface area contributed by atoms with Crippen LogP contribution in [-0.2, 0) is 44.8 Å². The van der Waals surface area contributed by atoms with Gasteiger partial charge < -0.3 is 33.5 Å². The van der Waals surface area contributed by atoms with E-state index in [-0.39, 0.29) is 56.6 Å². The van der Waals surface area contributed by atoms with Crippen LogP contribution in [0.15, 0.2) is 87.7 Å². The highest BCUT2D eigenvalue weighted by Gasteiger charge is 2.31. The molecular weight excluding hydrogens is 825 g/mol. The van der Waals surface area contributed by atoms with Gasteiger partial charge in [0.1, 0.15) is 30.5 Å². The van der Waals surface area contributed by atoms with E-state index in [1.807, 2.05) is 12.1 Å². The molecule has 1 N–H and O–H groups in total. The molecule has 13 heteroatoms. The molecule has 2 aliphatic heterocycles. The van der Waals surface area contributed by atoms with Gasteiger partial charge >= 0.3 is 0 Å². The molecule has 318 valence electrons. The molecule has 0 unspecified atom stereocenters. The molecule has 0 spiro atoms. The highest BCUT2D eigenvalue weighted by atomic mass is 32.2. The minimum Gasteiger partial charge on any atom is -0.506 e. The number of Topliss-reactive ketones (excluding diaryl/α,β-unsaturated/α-hetero) is 1. The number of allylic oxidation sites excluding steroid dienone is 4. The molecule has 3 aromatic rings. The summed E-state index contributed by atoms with van der Waals surface area (Å²) < 4.78 is 36.4. The summed E-state index contributed by atoms with van der Waals surface area (Å²) in [5.41, 5.74) is 2.23. The van der Waals surface area contributed by atoms with Crippen LogP contribution in [-0.4, -0.2) is 82.7 Å². The molecule has 0 aromatic heterocycles. The van der Waals surface area contributed by atoms with Crippen LogP contribution in [0.5, 0.6) is 17.2 Å². The highest BCUT2D eigenvalue weighted by molar-refractivity contribution is 8.06. The molecule has 0 amide bonds. The van der Waals surface area contributed by atoms with Crippen molar-refractivity contribution in [2.24, 2.45) is 0 Å². The molecular formula is C46H56O9S4. The van der Waals surface area contributed by atoms with Crippen LogP contribution in [0.2, 0.25) is 0 Å². The zero-order valence-corrected chi connectivity index (χ0v) is 38.8. The van der Waals surface area contributed by atoms with E-state index in [0.29, 0.717) is 83.9 Å². The minimum atomic E-state index is -0.287. The van der Waals surface area contributed by atoms with E-state index >= 15 is 0 Å². The van der Waals surface area contributed by atoms with Gasteiger partial charge in [-0.2, -0.15) is 0 Å². The first kappa shape index (κ1) is 45.6. The predicted molar refractivity (Wildman–Crippen MR) is 237 cm³/mol. The number of phenolic OH excluding ortho intramolecular Hbond substituents is 1. The quantitative estimate of drug-likeness (QED) is 0.217. The summed E-state index contributed by atoms with van der Waals surface area (Å²) in [6, 6.07) is 12.4. The Hall–Kier alpha value is -2.88. The Balaban J connectivity index is 1.61. The summed E-state index contributed by atoms with van der Waals surface area (Å²) in [7, 11) is 0. The molecule has 59 heavy (non-hydrogen) atoms. The Morgan fingerprint density at radius 3 is 1.05 bits per heavy atom. The van der Waals surface area contributed by atoms with Gasteiger partial charge in [-0.3, -0.25) is 9.59 Å². The van der Waals surface area contributed by atoms with Crippen LogP contribution in [0.1, 0.15) is 79.0 Å². The summed E-state index contributed by atoms with van der Waals surface area (Å²) in [5, 5.41) is 12.3. The number of carbonyl (C=O) groups is 2. The van der Waals surface area contributed by atoms with Crippen LogP contribution >= 0.6 is 47.0 Å². The summed E-state index contributed by atoms with van der Waals surface area (Å²) in [6.07, 6.45) is 2.82. The first-order valence-corrected chi connectivity index (χ1v) is 23.2. The average molecular weight is 881 g/mol. The number of benzene rings is 3. The molecule has 10 bridgehead atoms. The van der Waals surface area contributed by atoms with E-state index in [0.717, 1.165) is 26.5 Å². The lowest BCUT2D eigenvalue weighted by atomic mass is 9.87. The van der Waals surface area contributed by atoms with E-state index in [9.17, 15) is 14.7 Å². The molecule has 3 aliphatic rings. The fraction of sp³-hybridized carbons (Fsp3) is 0.478. The smallest absolute Gasteiger partial charge is 0.206 e. The monoisotopic (exact) mass is 880 g/mol. The van der Waals surface area contributed by atoms with Gasteiger partial charge in [0.25, 0.3) is 0 Å². The molecule has 2 heterocycles. The van der Waals surface area contributed by atoms with Crippen molar-refractivity contribution in [1.29, 1.82) is 0 Å². The van der Waals surface area contributed by atoms with Crippen LogP contribution in [0.4, 0.5) is 0 Å². The maximum Gasteiger partial charge on any atom is 0.206 e. The molecule has 0 radical (unpaired) electrons. The summed E-state index contributed by atoms with van der Waals surface area (Å²) in [5.74, 6) is 0.689. The van der Waals surface area contributed by atoms with Crippen molar-refractivity contribution >= 4 is 58.6 Å². The summed E-state index contributed by atoms with van der Waals surface area (Å²) in [6.45, 7) is 22.8. The number of carbonyl (C=O) groups excluding carboxylic acids is 2. The van der Waals surface area contributed by atoms with E-state index in [4.69, 9.17) is 28.4 Å². The van der Waals surface area contributed by atoms with Gasteiger partial charge in [-0.1, -0.05) is 109 Å². The lowest BCUT2D eigenvalue weighted by molar-refractivity contribution is -0.114. The van der Waals surface area contributed by atoms with E-state index in [1.165, 1.54) is 59.2 Å². The number of phenols is 1.